The second-order valence-corrected chi connectivity index (χ2v) is 5.94. The van der Waals surface area contributed by atoms with Crippen molar-refractivity contribution in [3.8, 4) is 0 Å². The van der Waals surface area contributed by atoms with Crippen LogP contribution in [0.2, 0.25) is 0 Å². The summed E-state index contributed by atoms with van der Waals surface area (Å²) in [4.78, 5) is 12.0. The van der Waals surface area contributed by atoms with Crippen LogP contribution in [-0.4, -0.2) is 30.7 Å². The third-order valence-electron chi connectivity index (χ3n) is 4.04. The Kier molecular flexibility index (Phi) is 6.30. The summed E-state index contributed by atoms with van der Waals surface area (Å²) in [6.07, 6.45) is -1.96. The van der Waals surface area contributed by atoms with Gasteiger partial charge in [0.1, 0.15) is 0 Å². The van der Waals surface area contributed by atoms with Gasteiger partial charge in [0, 0.05) is 12.6 Å². The Bertz CT molecular complexity index is 312. The van der Waals surface area contributed by atoms with Gasteiger partial charge in [-0.25, -0.2) is 0 Å². The van der Waals surface area contributed by atoms with Gasteiger partial charge in [-0.1, -0.05) is 20.3 Å². The molecule has 0 aromatic rings. The summed E-state index contributed by atoms with van der Waals surface area (Å²) in [5, 5.41) is 5.60. The molecule has 0 saturated carbocycles. The Balaban J connectivity index is 2.36. The Labute approximate surface area is 118 Å². The molecule has 0 aromatic heterocycles. The van der Waals surface area contributed by atoms with Crippen molar-refractivity contribution in [2.75, 3.05) is 6.54 Å². The molecule has 4 unspecified atom stereocenters. The summed E-state index contributed by atoms with van der Waals surface area (Å²) in [6, 6.07) is -0.437. The molecule has 2 N–H and O–H groups in total. The van der Waals surface area contributed by atoms with E-state index in [0.29, 0.717) is 5.92 Å². The maximum Gasteiger partial charge on any atom is 0.393 e. The lowest BCUT2D eigenvalue weighted by Gasteiger charge is -2.31. The Hall–Kier alpha value is -0.780. The summed E-state index contributed by atoms with van der Waals surface area (Å²) >= 11 is 0. The molecule has 1 amide bonds. The zero-order valence-corrected chi connectivity index (χ0v) is 12.4. The lowest BCUT2D eigenvalue weighted by molar-refractivity contribution is -0.180. The van der Waals surface area contributed by atoms with Crippen LogP contribution < -0.4 is 10.6 Å². The zero-order valence-electron chi connectivity index (χ0n) is 12.4. The standard InChI is InChI=1S/C14H25F3N2O/c1-4-9(2)7-10(3)19-13(20)12-6-5-11(8-18-12)14(15,16)17/h9-12,18H,4-8H2,1-3H3,(H,19,20). The number of piperidine rings is 1. The van der Waals surface area contributed by atoms with E-state index in [-0.39, 0.29) is 31.3 Å². The first-order valence-electron chi connectivity index (χ1n) is 7.34. The molecule has 0 radical (unpaired) electrons. The van der Waals surface area contributed by atoms with E-state index >= 15 is 0 Å². The number of carbonyl (C=O) groups is 1. The number of carbonyl (C=O) groups excluding carboxylic acids is 1. The van der Waals surface area contributed by atoms with E-state index in [1.165, 1.54) is 0 Å². The average molecular weight is 294 g/mol. The molecule has 6 heteroatoms. The molecule has 0 aliphatic carbocycles. The van der Waals surface area contributed by atoms with Gasteiger partial charge >= 0.3 is 6.18 Å². The number of amides is 1. The normalized spacial score (nSPS) is 26.9. The van der Waals surface area contributed by atoms with Crippen LogP contribution >= 0.6 is 0 Å². The zero-order chi connectivity index (χ0) is 15.3. The minimum Gasteiger partial charge on any atom is -0.352 e. The molecule has 20 heavy (non-hydrogen) atoms. The molecule has 118 valence electrons. The molecule has 1 heterocycles. The molecule has 1 aliphatic rings. The fourth-order valence-electron chi connectivity index (χ4n) is 2.53. The summed E-state index contributed by atoms with van der Waals surface area (Å²) in [5.41, 5.74) is 0. The highest BCUT2D eigenvalue weighted by molar-refractivity contribution is 5.82. The minimum atomic E-state index is -4.17. The van der Waals surface area contributed by atoms with Crippen molar-refractivity contribution in [1.29, 1.82) is 0 Å². The highest BCUT2D eigenvalue weighted by Gasteiger charge is 2.42. The maximum atomic E-state index is 12.5. The highest BCUT2D eigenvalue weighted by Crippen LogP contribution is 2.31. The van der Waals surface area contributed by atoms with Gasteiger partial charge < -0.3 is 10.6 Å². The number of alkyl halides is 3. The third-order valence-corrected chi connectivity index (χ3v) is 4.04. The summed E-state index contributed by atoms with van der Waals surface area (Å²) in [5.74, 6) is -0.982. The van der Waals surface area contributed by atoms with Gasteiger partial charge in [-0.3, -0.25) is 4.79 Å². The van der Waals surface area contributed by atoms with Crippen molar-refractivity contribution in [2.24, 2.45) is 11.8 Å². The van der Waals surface area contributed by atoms with Crippen LogP contribution in [0.15, 0.2) is 0 Å². The van der Waals surface area contributed by atoms with E-state index in [0.717, 1.165) is 12.8 Å². The van der Waals surface area contributed by atoms with Gasteiger partial charge in [-0.15, -0.1) is 0 Å². The molecule has 1 saturated heterocycles. The molecule has 0 bridgehead atoms. The topological polar surface area (TPSA) is 41.1 Å². The summed E-state index contributed by atoms with van der Waals surface area (Å²) in [6.45, 7) is 5.99. The molecule has 1 rings (SSSR count). The number of nitrogens with one attached hydrogen (secondary N) is 2. The van der Waals surface area contributed by atoms with E-state index in [2.05, 4.69) is 24.5 Å². The first-order chi connectivity index (χ1) is 9.24. The van der Waals surface area contributed by atoms with Crippen molar-refractivity contribution in [2.45, 2.75) is 64.7 Å². The number of hydrogen-bond donors (Lipinski definition) is 2. The van der Waals surface area contributed by atoms with E-state index in [9.17, 15) is 18.0 Å². The van der Waals surface area contributed by atoms with Crippen LogP contribution in [0, 0.1) is 11.8 Å². The van der Waals surface area contributed by atoms with Crippen molar-refractivity contribution < 1.29 is 18.0 Å². The Morgan fingerprint density at radius 2 is 2.00 bits per heavy atom. The predicted octanol–water partition coefficient (Wildman–Crippen LogP) is 2.86. The van der Waals surface area contributed by atoms with E-state index in [4.69, 9.17) is 0 Å². The monoisotopic (exact) mass is 294 g/mol. The Morgan fingerprint density at radius 3 is 2.45 bits per heavy atom. The minimum absolute atomic E-state index is 0.0222. The molecule has 4 atom stereocenters. The SMILES string of the molecule is CCC(C)CC(C)NC(=O)C1CCC(C(F)(F)F)CN1. The predicted molar refractivity (Wildman–Crippen MR) is 72.2 cm³/mol. The first-order valence-corrected chi connectivity index (χ1v) is 7.34. The lowest BCUT2D eigenvalue weighted by atomic mass is 9.93. The molecular weight excluding hydrogens is 269 g/mol. The van der Waals surface area contributed by atoms with Crippen LogP contribution in [0.3, 0.4) is 0 Å². The van der Waals surface area contributed by atoms with Gasteiger partial charge in [-0.2, -0.15) is 13.2 Å². The van der Waals surface area contributed by atoms with Crippen molar-refractivity contribution in [3.05, 3.63) is 0 Å². The lowest BCUT2D eigenvalue weighted by Crippen LogP contribution is -2.52. The van der Waals surface area contributed by atoms with Crippen LogP contribution in [0.4, 0.5) is 13.2 Å². The second kappa shape index (κ2) is 7.29. The molecule has 3 nitrogen and oxygen atoms in total. The molecule has 0 aromatic carbocycles. The van der Waals surface area contributed by atoms with E-state index in [1.807, 2.05) is 6.92 Å². The van der Waals surface area contributed by atoms with Crippen molar-refractivity contribution >= 4 is 5.91 Å². The van der Waals surface area contributed by atoms with E-state index < -0.39 is 18.1 Å². The average Bonchev–Trinajstić information content (AvgIpc) is 2.37. The van der Waals surface area contributed by atoms with Gasteiger partial charge in [0.05, 0.1) is 12.0 Å². The van der Waals surface area contributed by atoms with Crippen LogP contribution in [0.5, 0.6) is 0 Å². The summed E-state index contributed by atoms with van der Waals surface area (Å²) < 4.78 is 37.6. The fraction of sp³-hybridized carbons (Fsp3) is 0.929. The number of hydrogen-bond acceptors (Lipinski definition) is 2. The largest absolute Gasteiger partial charge is 0.393 e. The van der Waals surface area contributed by atoms with Gasteiger partial charge in [0.15, 0.2) is 0 Å². The van der Waals surface area contributed by atoms with E-state index in [1.54, 1.807) is 0 Å². The second-order valence-electron chi connectivity index (χ2n) is 5.94. The van der Waals surface area contributed by atoms with Gasteiger partial charge in [0.2, 0.25) is 5.91 Å². The number of rotatable bonds is 5. The fourth-order valence-corrected chi connectivity index (χ4v) is 2.53. The van der Waals surface area contributed by atoms with Gasteiger partial charge in [-0.05, 0) is 32.1 Å². The molecular formula is C14H25F3N2O. The molecule has 1 fully saturated rings. The number of halogens is 3. The third kappa shape index (κ3) is 5.31. The smallest absolute Gasteiger partial charge is 0.352 e. The Morgan fingerprint density at radius 1 is 1.35 bits per heavy atom. The van der Waals surface area contributed by atoms with Crippen molar-refractivity contribution in [3.63, 3.8) is 0 Å². The molecule has 1 aliphatic heterocycles. The van der Waals surface area contributed by atoms with Crippen molar-refractivity contribution in [1.82, 2.24) is 10.6 Å². The first kappa shape index (κ1) is 17.3. The van der Waals surface area contributed by atoms with Crippen LogP contribution in [0.25, 0.3) is 0 Å². The summed E-state index contributed by atoms with van der Waals surface area (Å²) in [7, 11) is 0. The highest BCUT2D eigenvalue weighted by atomic mass is 19.4. The van der Waals surface area contributed by atoms with Gasteiger partial charge in [0.25, 0.3) is 0 Å². The maximum absolute atomic E-state index is 12.5. The van der Waals surface area contributed by atoms with Crippen LogP contribution in [0.1, 0.15) is 46.5 Å². The van der Waals surface area contributed by atoms with Crippen LogP contribution in [-0.2, 0) is 4.79 Å². The molecule has 0 spiro atoms. The quantitative estimate of drug-likeness (QED) is 0.818.